The first-order chi connectivity index (χ1) is 9.74. The fourth-order valence-electron chi connectivity index (χ4n) is 1.96. The van der Waals surface area contributed by atoms with Crippen LogP contribution in [0.3, 0.4) is 0 Å². The quantitative estimate of drug-likeness (QED) is 0.822. The van der Waals surface area contributed by atoms with Crippen molar-refractivity contribution in [2.75, 3.05) is 5.73 Å². The molecule has 20 heavy (non-hydrogen) atoms. The average molecular weight is 266 g/mol. The monoisotopic (exact) mass is 266 g/mol. The van der Waals surface area contributed by atoms with Gasteiger partial charge in [0.1, 0.15) is 11.8 Å². The number of anilines is 1. The van der Waals surface area contributed by atoms with Crippen LogP contribution in [-0.4, -0.2) is 0 Å². The smallest absolute Gasteiger partial charge is 0.151 e. The van der Waals surface area contributed by atoms with E-state index < -0.39 is 0 Å². The third-order valence-electron chi connectivity index (χ3n) is 3.16. The first-order valence-corrected chi connectivity index (χ1v) is 6.80. The molecule has 0 bridgehead atoms. The summed E-state index contributed by atoms with van der Waals surface area (Å²) in [6, 6.07) is 15.3. The van der Waals surface area contributed by atoms with Crippen LogP contribution >= 0.6 is 0 Å². The van der Waals surface area contributed by atoms with Gasteiger partial charge in [-0.1, -0.05) is 31.5 Å². The minimum absolute atomic E-state index is 0.380. The van der Waals surface area contributed by atoms with E-state index in [0.717, 1.165) is 12.2 Å². The van der Waals surface area contributed by atoms with Gasteiger partial charge < -0.3 is 10.5 Å². The topological polar surface area (TPSA) is 59.0 Å². The highest BCUT2D eigenvalue weighted by Gasteiger charge is 2.06. The summed E-state index contributed by atoms with van der Waals surface area (Å²) in [5, 5.41) is 8.94. The van der Waals surface area contributed by atoms with E-state index in [2.05, 4.69) is 19.1 Å². The van der Waals surface area contributed by atoms with Gasteiger partial charge >= 0.3 is 0 Å². The molecule has 3 nitrogen and oxygen atoms in total. The van der Waals surface area contributed by atoms with Crippen LogP contribution in [0.1, 0.15) is 30.9 Å². The molecule has 0 heterocycles. The van der Waals surface area contributed by atoms with Crippen LogP contribution in [0.15, 0.2) is 42.5 Å². The molecule has 2 N–H and O–H groups in total. The summed E-state index contributed by atoms with van der Waals surface area (Å²) in [6.07, 6.45) is 3.47. The molecule has 0 aliphatic heterocycles. The van der Waals surface area contributed by atoms with Gasteiger partial charge in [-0.05, 0) is 42.7 Å². The highest BCUT2D eigenvalue weighted by Crippen LogP contribution is 2.29. The van der Waals surface area contributed by atoms with Crippen molar-refractivity contribution in [2.24, 2.45) is 0 Å². The number of aryl methyl sites for hydroxylation is 1. The molecule has 0 saturated carbocycles. The fraction of sp³-hybridized carbons (Fsp3) is 0.235. The number of nitriles is 1. The second-order valence-electron chi connectivity index (χ2n) is 4.68. The van der Waals surface area contributed by atoms with E-state index in [-0.39, 0.29) is 0 Å². The summed E-state index contributed by atoms with van der Waals surface area (Å²) >= 11 is 0. The molecule has 3 heteroatoms. The molecule has 0 aromatic heterocycles. The van der Waals surface area contributed by atoms with Crippen LogP contribution < -0.4 is 10.5 Å². The van der Waals surface area contributed by atoms with Crippen LogP contribution in [0.4, 0.5) is 5.69 Å². The highest BCUT2D eigenvalue weighted by atomic mass is 16.5. The number of nitrogen functional groups attached to an aromatic ring is 1. The van der Waals surface area contributed by atoms with E-state index >= 15 is 0 Å². The van der Waals surface area contributed by atoms with Gasteiger partial charge in [0.15, 0.2) is 5.75 Å². The summed E-state index contributed by atoms with van der Waals surface area (Å²) in [6.45, 7) is 2.18. The Bertz CT molecular complexity index is 612. The Hall–Kier alpha value is -2.47. The van der Waals surface area contributed by atoms with Gasteiger partial charge in [-0.15, -0.1) is 0 Å². The van der Waals surface area contributed by atoms with Gasteiger partial charge in [0, 0.05) is 0 Å². The maximum atomic E-state index is 8.94. The molecule has 0 radical (unpaired) electrons. The normalized spacial score (nSPS) is 10.0. The lowest BCUT2D eigenvalue weighted by Crippen LogP contribution is -1.95. The third kappa shape index (κ3) is 3.30. The van der Waals surface area contributed by atoms with E-state index in [1.54, 1.807) is 18.2 Å². The molecule has 0 aliphatic carbocycles. The Morgan fingerprint density at radius 1 is 1.15 bits per heavy atom. The van der Waals surface area contributed by atoms with E-state index in [9.17, 15) is 0 Å². The number of benzene rings is 2. The van der Waals surface area contributed by atoms with Crippen molar-refractivity contribution in [3.8, 4) is 17.6 Å². The van der Waals surface area contributed by atoms with Gasteiger partial charge in [-0.25, -0.2) is 0 Å². The number of nitrogens with zero attached hydrogens (tertiary/aromatic N) is 1. The van der Waals surface area contributed by atoms with Gasteiger partial charge in [0.2, 0.25) is 0 Å². The molecule has 0 amide bonds. The Kier molecular flexibility index (Phi) is 4.62. The zero-order valence-electron chi connectivity index (χ0n) is 11.6. The van der Waals surface area contributed by atoms with Crippen molar-refractivity contribution in [3.63, 3.8) is 0 Å². The van der Waals surface area contributed by atoms with Crippen molar-refractivity contribution in [2.45, 2.75) is 26.2 Å². The Balaban J connectivity index is 2.13. The van der Waals surface area contributed by atoms with Gasteiger partial charge in [0.25, 0.3) is 0 Å². The van der Waals surface area contributed by atoms with E-state index in [4.69, 9.17) is 15.7 Å². The largest absolute Gasteiger partial charge is 0.455 e. The summed E-state index contributed by atoms with van der Waals surface area (Å²) in [7, 11) is 0. The summed E-state index contributed by atoms with van der Waals surface area (Å²) in [5.41, 5.74) is 8.01. The number of hydrogen-bond acceptors (Lipinski definition) is 3. The minimum Gasteiger partial charge on any atom is -0.455 e. The van der Waals surface area contributed by atoms with Crippen LogP contribution in [0.2, 0.25) is 0 Å². The number of rotatable bonds is 5. The van der Waals surface area contributed by atoms with Gasteiger partial charge in [-0.3, -0.25) is 0 Å². The Labute approximate surface area is 119 Å². The lowest BCUT2D eigenvalue weighted by atomic mass is 10.1. The highest BCUT2D eigenvalue weighted by molar-refractivity contribution is 5.63. The summed E-state index contributed by atoms with van der Waals surface area (Å²) in [5.74, 6) is 1.25. The van der Waals surface area contributed by atoms with E-state index in [0.29, 0.717) is 17.0 Å². The second kappa shape index (κ2) is 6.63. The lowest BCUT2D eigenvalue weighted by molar-refractivity contribution is 0.484. The molecule has 0 atom stereocenters. The van der Waals surface area contributed by atoms with Crippen molar-refractivity contribution in [3.05, 3.63) is 53.6 Å². The molecule has 2 aromatic rings. The van der Waals surface area contributed by atoms with Crippen LogP contribution in [0.5, 0.6) is 11.5 Å². The predicted octanol–water partition coefficient (Wildman–Crippen LogP) is 4.28. The first-order valence-electron chi connectivity index (χ1n) is 6.80. The number of ether oxygens (including phenoxy) is 1. The maximum Gasteiger partial charge on any atom is 0.151 e. The SMILES string of the molecule is CCCCc1ccc(Oc2cccc(C#N)c2N)cc1. The van der Waals surface area contributed by atoms with Crippen LogP contribution in [0.25, 0.3) is 0 Å². The molecule has 102 valence electrons. The van der Waals surface area contributed by atoms with Crippen molar-refractivity contribution in [1.82, 2.24) is 0 Å². The van der Waals surface area contributed by atoms with Gasteiger partial charge in [-0.2, -0.15) is 5.26 Å². The van der Waals surface area contributed by atoms with Gasteiger partial charge in [0.05, 0.1) is 11.3 Å². The molecule has 0 unspecified atom stereocenters. The lowest BCUT2D eigenvalue weighted by Gasteiger charge is -2.09. The zero-order valence-corrected chi connectivity index (χ0v) is 11.6. The summed E-state index contributed by atoms with van der Waals surface area (Å²) < 4.78 is 5.73. The average Bonchev–Trinajstić information content (AvgIpc) is 2.48. The number of unbranched alkanes of at least 4 members (excludes halogenated alkanes) is 1. The fourth-order valence-corrected chi connectivity index (χ4v) is 1.96. The van der Waals surface area contributed by atoms with Crippen LogP contribution in [0, 0.1) is 11.3 Å². The maximum absolute atomic E-state index is 8.94. The second-order valence-corrected chi connectivity index (χ2v) is 4.68. The number of nitrogens with two attached hydrogens (primary N) is 1. The third-order valence-corrected chi connectivity index (χ3v) is 3.16. The molecule has 2 rings (SSSR count). The van der Waals surface area contributed by atoms with Crippen molar-refractivity contribution >= 4 is 5.69 Å². The van der Waals surface area contributed by atoms with Crippen molar-refractivity contribution < 1.29 is 4.74 Å². The molecule has 0 aliphatic rings. The predicted molar refractivity (Wildman–Crippen MR) is 80.7 cm³/mol. The molecular weight excluding hydrogens is 248 g/mol. The van der Waals surface area contributed by atoms with Crippen LogP contribution in [-0.2, 0) is 6.42 Å². The summed E-state index contributed by atoms with van der Waals surface area (Å²) in [4.78, 5) is 0. The number of para-hydroxylation sites is 1. The Morgan fingerprint density at radius 3 is 2.55 bits per heavy atom. The molecule has 2 aromatic carbocycles. The minimum atomic E-state index is 0.380. The zero-order chi connectivity index (χ0) is 14.4. The molecule has 0 saturated heterocycles. The first kappa shape index (κ1) is 14.0. The molecule has 0 fully saturated rings. The van der Waals surface area contributed by atoms with E-state index in [1.165, 1.54) is 18.4 Å². The standard InChI is InChI=1S/C17H18N2O/c1-2-3-5-13-8-10-15(11-9-13)20-16-7-4-6-14(12-18)17(16)19/h4,6-11H,2-3,5,19H2,1H3. The van der Waals surface area contributed by atoms with Crippen molar-refractivity contribution in [1.29, 1.82) is 5.26 Å². The Morgan fingerprint density at radius 2 is 1.90 bits per heavy atom. The number of hydrogen-bond donors (Lipinski definition) is 1. The molecular formula is C17H18N2O. The van der Waals surface area contributed by atoms with E-state index in [1.807, 2.05) is 18.2 Å². The molecule has 0 spiro atoms.